The van der Waals surface area contributed by atoms with Crippen molar-refractivity contribution in [2.75, 3.05) is 45.9 Å². The summed E-state index contributed by atoms with van der Waals surface area (Å²) in [6, 6.07) is 11.1. The molecule has 0 fully saturated rings. The van der Waals surface area contributed by atoms with Crippen molar-refractivity contribution in [1.82, 2.24) is 53.2 Å². The van der Waals surface area contributed by atoms with E-state index in [1.807, 2.05) is 41.5 Å². The Labute approximate surface area is 486 Å². The summed E-state index contributed by atoms with van der Waals surface area (Å²) in [6.45, 7) is 13.6. The maximum absolute atomic E-state index is 13.9. The Kier molecular flexibility index (Phi) is 33.0. The van der Waals surface area contributed by atoms with Gasteiger partial charge in [0.1, 0.15) is 55.4 Å². The Morgan fingerprint density at radius 1 is 0.434 bits per heavy atom. The first-order chi connectivity index (χ1) is 39.3. The standard InChI is InChI=1S/C58H88N10O15/c1-10-12-26-81-50(73)35-61-53(76)42(28-37(3)4)67-55(78)44(30-39-20-16-14-17-21-39)65-47(70)32-59-46(69)25-24-41(64-49(72)34-63-57(80)83-58(7,8)9)52(75)60-33-48(71)66-45(31-40-22-18-15-19-23-40)56(79)68-43(29-38(5)6)54(77)62-36-51(74)82-27-13-11-2/h14-23,37-38,41-45H,10-13,24-36H2,1-9H3,(H,59,69)(H,60,75)(H,61,76)(H,62,77)(H,63,80)(H,64,72)(H,65,70)(H,66,71)(H,67,78)(H,68,79). The molecule has 0 heterocycles. The lowest BCUT2D eigenvalue weighted by Gasteiger charge is -2.24. The Bertz CT molecular complexity index is 2440. The number of rotatable bonds is 37. The van der Waals surface area contributed by atoms with Crippen LogP contribution in [0.4, 0.5) is 4.79 Å². The van der Waals surface area contributed by atoms with Gasteiger partial charge in [-0.2, -0.15) is 0 Å². The highest BCUT2D eigenvalue weighted by Crippen LogP contribution is 2.11. The molecule has 25 heteroatoms. The van der Waals surface area contributed by atoms with E-state index in [0.29, 0.717) is 24.0 Å². The molecule has 10 amide bonds. The Morgan fingerprint density at radius 2 is 0.807 bits per heavy atom. The number of benzene rings is 2. The average molecular weight is 1170 g/mol. The topological polar surface area (TPSA) is 353 Å². The van der Waals surface area contributed by atoms with E-state index in [1.165, 1.54) is 0 Å². The highest BCUT2D eigenvalue weighted by Gasteiger charge is 2.31. The van der Waals surface area contributed by atoms with Crippen LogP contribution < -0.4 is 53.2 Å². The number of carbonyl (C=O) groups is 12. The lowest BCUT2D eigenvalue weighted by molar-refractivity contribution is -0.144. The van der Waals surface area contributed by atoms with Crippen LogP contribution in [0.15, 0.2) is 60.7 Å². The SMILES string of the molecule is CCCCOC(=O)CNC(=O)C(CC(C)C)NC(=O)C(Cc1ccccc1)NC(=O)CNC(=O)CCC(NC(=O)CNC(=O)OC(C)(C)C)C(=O)NCC(=O)NC(Cc1ccccc1)C(=O)NC(CC(C)C)C(=O)NCC(=O)OCCCC. The summed E-state index contributed by atoms with van der Waals surface area (Å²) >= 11 is 0. The van der Waals surface area contributed by atoms with Crippen LogP contribution >= 0.6 is 0 Å². The van der Waals surface area contributed by atoms with Crippen LogP contribution in [-0.4, -0.2) is 153 Å². The van der Waals surface area contributed by atoms with E-state index in [2.05, 4.69) is 53.2 Å². The van der Waals surface area contributed by atoms with Crippen LogP contribution in [0.5, 0.6) is 0 Å². The van der Waals surface area contributed by atoms with Crippen molar-refractivity contribution < 1.29 is 71.7 Å². The summed E-state index contributed by atoms with van der Waals surface area (Å²) in [6.07, 6.45) is 1.41. The van der Waals surface area contributed by atoms with Crippen LogP contribution in [0.25, 0.3) is 0 Å². The molecular formula is C58H88N10O15. The second kappa shape index (κ2) is 38.6. The van der Waals surface area contributed by atoms with Gasteiger partial charge in [-0.1, -0.05) is 115 Å². The Morgan fingerprint density at radius 3 is 1.20 bits per heavy atom. The van der Waals surface area contributed by atoms with E-state index >= 15 is 0 Å². The van der Waals surface area contributed by atoms with Crippen molar-refractivity contribution in [3.05, 3.63) is 71.8 Å². The van der Waals surface area contributed by atoms with Crippen LogP contribution in [0, 0.1) is 11.8 Å². The fourth-order valence-corrected chi connectivity index (χ4v) is 7.70. The summed E-state index contributed by atoms with van der Waals surface area (Å²) in [5.74, 6) is -8.45. The summed E-state index contributed by atoms with van der Waals surface area (Å²) < 4.78 is 15.4. The molecule has 0 saturated heterocycles. The fraction of sp³-hybridized carbons (Fsp3) is 0.586. The third-order valence-corrected chi connectivity index (χ3v) is 11.9. The molecule has 5 unspecified atom stereocenters. The van der Waals surface area contributed by atoms with Gasteiger partial charge in [-0.3, -0.25) is 52.7 Å². The van der Waals surface area contributed by atoms with Gasteiger partial charge in [-0.25, -0.2) is 4.79 Å². The van der Waals surface area contributed by atoms with Gasteiger partial charge < -0.3 is 67.4 Å². The summed E-state index contributed by atoms with van der Waals surface area (Å²) in [7, 11) is 0. The van der Waals surface area contributed by atoms with Gasteiger partial charge in [0.15, 0.2) is 0 Å². The molecule has 460 valence electrons. The number of hydrogen-bond acceptors (Lipinski definition) is 15. The predicted octanol–water partition coefficient (Wildman–Crippen LogP) is 1.44. The first-order valence-electron chi connectivity index (χ1n) is 28.2. The van der Waals surface area contributed by atoms with Crippen molar-refractivity contribution in [1.29, 1.82) is 0 Å². The van der Waals surface area contributed by atoms with Crippen molar-refractivity contribution in [2.24, 2.45) is 11.8 Å². The molecule has 2 aromatic carbocycles. The molecule has 25 nitrogen and oxygen atoms in total. The monoisotopic (exact) mass is 1160 g/mol. The van der Waals surface area contributed by atoms with Crippen LogP contribution in [0.3, 0.4) is 0 Å². The van der Waals surface area contributed by atoms with Gasteiger partial charge in [0, 0.05) is 19.3 Å². The number of amides is 10. The molecule has 2 aromatic rings. The largest absolute Gasteiger partial charge is 0.464 e. The number of hydrogen-bond donors (Lipinski definition) is 10. The molecule has 0 aliphatic heterocycles. The normalized spacial score (nSPS) is 12.8. The zero-order valence-electron chi connectivity index (χ0n) is 49.5. The lowest BCUT2D eigenvalue weighted by atomic mass is 10.0. The zero-order chi connectivity index (χ0) is 61.9. The Balaban J connectivity index is 2.24. The fourth-order valence-electron chi connectivity index (χ4n) is 7.70. The van der Waals surface area contributed by atoms with Gasteiger partial charge in [-0.05, 0) is 75.8 Å². The lowest BCUT2D eigenvalue weighted by Crippen LogP contribution is -2.56. The second-order valence-corrected chi connectivity index (χ2v) is 21.6. The minimum Gasteiger partial charge on any atom is -0.464 e. The number of ether oxygens (including phenoxy) is 3. The van der Waals surface area contributed by atoms with E-state index in [-0.39, 0.29) is 50.7 Å². The molecule has 5 atom stereocenters. The summed E-state index contributed by atoms with van der Waals surface area (Å²) in [4.78, 5) is 158. The quantitative estimate of drug-likeness (QED) is 0.0260. The van der Waals surface area contributed by atoms with Gasteiger partial charge in [0.2, 0.25) is 53.2 Å². The number of carbonyl (C=O) groups excluding carboxylic acids is 12. The number of nitrogens with one attached hydrogen (secondary N) is 10. The molecule has 0 aliphatic rings. The average Bonchev–Trinajstić information content (AvgIpc) is 3.53. The molecule has 0 saturated carbocycles. The first kappa shape index (κ1) is 71.0. The summed E-state index contributed by atoms with van der Waals surface area (Å²) in [5, 5.41) is 25.1. The maximum atomic E-state index is 13.9. The Hall–Kier alpha value is -8.12. The molecule has 0 aromatic heterocycles. The van der Waals surface area contributed by atoms with Crippen molar-refractivity contribution in [3.63, 3.8) is 0 Å². The molecular weight excluding hydrogens is 1080 g/mol. The van der Waals surface area contributed by atoms with Gasteiger partial charge in [0.25, 0.3) is 0 Å². The van der Waals surface area contributed by atoms with E-state index in [1.54, 1.807) is 81.4 Å². The van der Waals surface area contributed by atoms with Crippen molar-refractivity contribution in [2.45, 2.75) is 162 Å². The maximum Gasteiger partial charge on any atom is 0.408 e. The van der Waals surface area contributed by atoms with E-state index in [9.17, 15) is 57.5 Å². The van der Waals surface area contributed by atoms with Gasteiger partial charge >= 0.3 is 18.0 Å². The third kappa shape index (κ3) is 32.2. The number of esters is 2. The van der Waals surface area contributed by atoms with E-state index in [0.717, 1.165) is 12.8 Å². The minimum atomic E-state index is -1.51. The third-order valence-electron chi connectivity index (χ3n) is 11.9. The van der Waals surface area contributed by atoms with Gasteiger partial charge in [0.05, 0.1) is 26.3 Å². The van der Waals surface area contributed by atoms with Crippen molar-refractivity contribution in [3.8, 4) is 0 Å². The first-order valence-corrected chi connectivity index (χ1v) is 28.2. The molecule has 10 N–H and O–H groups in total. The number of unbranched alkanes of at least 4 members (excludes halogenated alkanes) is 2. The van der Waals surface area contributed by atoms with Crippen molar-refractivity contribution >= 4 is 71.2 Å². The van der Waals surface area contributed by atoms with Crippen LogP contribution in [-0.2, 0) is 79.8 Å². The zero-order valence-corrected chi connectivity index (χ0v) is 49.5. The van der Waals surface area contributed by atoms with Gasteiger partial charge in [-0.15, -0.1) is 0 Å². The summed E-state index contributed by atoms with van der Waals surface area (Å²) in [5.41, 5.74) is 0.395. The molecule has 2 rings (SSSR count). The molecule has 0 aliphatic carbocycles. The van der Waals surface area contributed by atoms with E-state index < -0.39 is 153 Å². The highest BCUT2D eigenvalue weighted by molar-refractivity contribution is 5.96. The van der Waals surface area contributed by atoms with E-state index in [4.69, 9.17) is 14.2 Å². The van der Waals surface area contributed by atoms with Crippen LogP contribution in [0.1, 0.15) is 125 Å². The smallest absolute Gasteiger partial charge is 0.408 e. The molecule has 0 bridgehead atoms. The predicted molar refractivity (Wildman–Crippen MR) is 306 cm³/mol. The molecule has 83 heavy (non-hydrogen) atoms. The second-order valence-electron chi connectivity index (χ2n) is 21.6. The molecule has 0 spiro atoms. The highest BCUT2D eigenvalue weighted by atomic mass is 16.6. The number of alkyl carbamates (subject to hydrolysis) is 1. The van der Waals surface area contributed by atoms with Crippen LogP contribution in [0.2, 0.25) is 0 Å². The minimum absolute atomic E-state index is 0.0122. The molecule has 0 radical (unpaired) electrons.